The number of hydrogen-bond donors (Lipinski definition) is 0. The van der Waals surface area contributed by atoms with E-state index in [1.807, 2.05) is 20.2 Å². The summed E-state index contributed by atoms with van der Waals surface area (Å²) in [6.45, 7) is 3.39. The fraction of sp³-hybridized carbons (Fsp3) is 0.364. The van der Waals surface area contributed by atoms with Gasteiger partial charge in [-0.1, -0.05) is 24.3 Å². The molecule has 7 heteroatoms. The van der Waals surface area contributed by atoms with Crippen LogP contribution in [0.4, 0.5) is 5.13 Å². The van der Waals surface area contributed by atoms with Crippen molar-refractivity contribution in [2.45, 2.75) is 13.3 Å². The van der Waals surface area contributed by atoms with Gasteiger partial charge in [-0.25, -0.2) is 4.98 Å². The highest BCUT2D eigenvalue weighted by Crippen LogP contribution is 2.31. The summed E-state index contributed by atoms with van der Waals surface area (Å²) in [4.78, 5) is 22.0. The standard InChI is InChI=1S/C22H27N3O3S/c1-6-15-7-8-19-20(11-15)29-22(23-19)25(10-9-24(2)3)21(26)16-12-17(27-4)14-18(13-16)28-5/h7-8,11-14H,6,9-10H2,1-5H3. The lowest BCUT2D eigenvalue weighted by molar-refractivity contribution is 0.0984. The molecule has 0 N–H and O–H groups in total. The molecule has 3 aromatic rings. The molecule has 2 aromatic carbocycles. The van der Waals surface area contributed by atoms with Crippen molar-refractivity contribution in [1.82, 2.24) is 9.88 Å². The fourth-order valence-electron chi connectivity index (χ4n) is 2.96. The monoisotopic (exact) mass is 413 g/mol. The molecule has 154 valence electrons. The number of ether oxygens (including phenoxy) is 2. The molecule has 0 aliphatic rings. The van der Waals surface area contributed by atoms with Gasteiger partial charge in [0.05, 0.1) is 24.4 Å². The second-order valence-corrected chi connectivity index (χ2v) is 8.02. The number of rotatable bonds is 8. The molecule has 0 fully saturated rings. The van der Waals surface area contributed by atoms with Gasteiger partial charge in [0.1, 0.15) is 11.5 Å². The average molecular weight is 414 g/mol. The number of fused-ring (bicyclic) bond motifs is 1. The van der Waals surface area contributed by atoms with Crippen LogP contribution in [0.15, 0.2) is 36.4 Å². The Morgan fingerprint density at radius 2 is 1.72 bits per heavy atom. The predicted octanol–water partition coefficient (Wildman–Crippen LogP) is 4.08. The van der Waals surface area contributed by atoms with Crippen LogP contribution >= 0.6 is 11.3 Å². The van der Waals surface area contributed by atoms with Crippen molar-refractivity contribution < 1.29 is 14.3 Å². The smallest absolute Gasteiger partial charge is 0.260 e. The predicted molar refractivity (Wildman–Crippen MR) is 119 cm³/mol. The van der Waals surface area contributed by atoms with Gasteiger partial charge in [-0.15, -0.1) is 0 Å². The minimum Gasteiger partial charge on any atom is -0.497 e. The van der Waals surface area contributed by atoms with E-state index in [1.165, 1.54) is 5.56 Å². The van der Waals surface area contributed by atoms with Crippen LogP contribution in [-0.4, -0.2) is 57.2 Å². The molecule has 3 rings (SSSR count). The summed E-state index contributed by atoms with van der Waals surface area (Å²) in [7, 11) is 7.13. The lowest BCUT2D eigenvalue weighted by Crippen LogP contribution is -2.36. The molecule has 0 bridgehead atoms. The van der Waals surface area contributed by atoms with Crippen molar-refractivity contribution in [3.63, 3.8) is 0 Å². The Hall–Kier alpha value is -2.64. The molecule has 1 heterocycles. The second-order valence-electron chi connectivity index (χ2n) is 7.01. The molecule has 0 unspecified atom stereocenters. The Labute approximate surface area is 175 Å². The van der Waals surface area contributed by atoms with Crippen molar-refractivity contribution in [3.8, 4) is 11.5 Å². The molecule has 6 nitrogen and oxygen atoms in total. The summed E-state index contributed by atoms with van der Waals surface area (Å²) in [6, 6.07) is 11.5. The summed E-state index contributed by atoms with van der Waals surface area (Å²) in [5.41, 5.74) is 2.68. The van der Waals surface area contributed by atoms with Crippen LogP contribution in [0.1, 0.15) is 22.8 Å². The van der Waals surface area contributed by atoms with E-state index in [1.54, 1.807) is 48.7 Å². The Morgan fingerprint density at radius 1 is 1.03 bits per heavy atom. The van der Waals surface area contributed by atoms with Crippen LogP contribution in [-0.2, 0) is 6.42 Å². The zero-order chi connectivity index (χ0) is 21.0. The van der Waals surface area contributed by atoms with Crippen LogP contribution < -0.4 is 14.4 Å². The third-order valence-corrected chi connectivity index (χ3v) is 5.74. The number of likely N-dealkylation sites (N-methyl/N-ethyl adjacent to an activating group) is 1. The molecular weight excluding hydrogens is 386 g/mol. The molecule has 1 amide bonds. The number of aromatic nitrogens is 1. The van der Waals surface area contributed by atoms with E-state index in [4.69, 9.17) is 14.5 Å². The van der Waals surface area contributed by atoms with E-state index < -0.39 is 0 Å². The van der Waals surface area contributed by atoms with Crippen LogP contribution in [0.5, 0.6) is 11.5 Å². The van der Waals surface area contributed by atoms with Gasteiger partial charge in [-0.05, 0) is 50.3 Å². The highest BCUT2D eigenvalue weighted by molar-refractivity contribution is 7.22. The first-order valence-corrected chi connectivity index (χ1v) is 10.4. The molecule has 0 saturated carbocycles. The highest BCUT2D eigenvalue weighted by Gasteiger charge is 2.23. The quantitative estimate of drug-likeness (QED) is 0.557. The molecule has 0 aliphatic carbocycles. The van der Waals surface area contributed by atoms with E-state index in [0.29, 0.717) is 28.7 Å². The van der Waals surface area contributed by atoms with Crippen LogP contribution in [0.2, 0.25) is 0 Å². The maximum absolute atomic E-state index is 13.5. The average Bonchev–Trinajstić information content (AvgIpc) is 3.15. The minimum atomic E-state index is -0.126. The first-order valence-electron chi connectivity index (χ1n) is 9.54. The van der Waals surface area contributed by atoms with Gasteiger partial charge in [0.2, 0.25) is 0 Å². The third kappa shape index (κ3) is 4.86. The number of anilines is 1. The molecular formula is C22H27N3O3S. The first kappa shape index (κ1) is 21.1. The third-order valence-electron chi connectivity index (χ3n) is 4.70. The van der Waals surface area contributed by atoms with Crippen LogP contribution in [0.25, 0.3) is 10.2 Å². The molecule has 0 aliphatic heterocycles. The van der Waals surface area contributed by atoms with Gasteiger partial charge in [-0.3, -0.25) is 9.69 Å². The Kier molecular flexibility index (Phi) is 6.71. The zero-order valence-electron chi connectivity index (χ0n) is 17.6. The summed E-state index contributed by atoms with van der Waals surface area (Å²) in [6.07, 6.45) is 0.968. The fourth-order valence-corrected chi connectivity index (χ4v) is 4.02. The number of hydrogen-bond acceptors (Lipinski definition) is 6. The Morgan fingerprint density at radius 3 is 2.31 bits per heavy atom. The van der Waals surface area contributed by atoms with Crippen LogP contribution in [0, 0.1) is 0 Å². The van der Waals surface area contributed by atoms with Gasteiger partial charge in [-0.2, -0.15) is 0 Å². The maximum Gasteiger partial charge on any atom is 0.260 e. The van der Waals surface area contributed by atoms with E-state index >= 15 is 0 Å². The lowest BCUT2D eigenvalue weighted by Gasteiger charge is -2.22. The summed E-state index contributed by atoms with van der Waals surface area (Å²) >= 11 is 1.54. The van der Waals surface area contributed by atoms with E-state index in [9.17, 15) is 4.79 Å². The molecule has 29 heavy (non-hydrogen) atoms. The van der Waals surface area contributed by atoms with Gasteiger partial charge < -0.3 is 14.4 Å². The number of benzene rings is 2. The number of aryl methyl sites for hydroxylation is 1. The summed E-state index contributed by atoms with van der Waals surface area (Å²) in [5.74, 6) is 1.04. The molecule has 0 spiro atoms. The van der Waals surface area contributed by atoms with Crippen molar-refractivity contribution in [2.75, 3.05) is 46.3 Å². The van der Waals surface area contributed by atoms with Crippen LogP contribution in [0.3, 0.4) is 0 Å². The number of carbonyl (C=O) groups excluding carboxylic acids is 1. The molecule has 1 aromatic heterocycles. The summed E-state index contributed by atoms with van der Waals surface area (Å²) < 4.78 is 11.8. The van der Waals surface area contributed by atoms with Crippen molar-refractivity contribution in [2.24, 2.45) is 0 Å². The first-order chi connectivity index (χ1) is 13.9. The van der Waals surface area contributed by atoms with Gasteiger partial charge in [0.15, 0.2) is 5.13 Å². The molecule has 0 radical (unpaired) electrons. The largest absolute Gasteiger partial charge is 0.497 e. The second kappa shape index (κ2) is 9.24. The number of nitrogens with zero attached hydrogens (tertiary/aromatic N) is 3. The van der Waals surface area contributed by atoms with Gasteiger partial charge in [0.25, 0.3) is 5.91 Å². The van der Waals surface area contributed by atoms with E-state index in [-0.39, 0.29) is 5.91 Å². The van der Waals surface area contributed by atoms with Gasteiger partial charge >= 0.3 is 0 Å². The SMILES string of the molecule is CCc1ccc2nc(N(CCN(C)C)C(=O)c3cc(OC)cc(OC)c3)sc2c1. The number of carbonyl (C=O) groups is 1. The van der Waals surface area contributed by atoms with E-state index in [0.717, 1.165) is 23.2 Å². The minimum absolute atomic E-state index is 0.126. The molecule has 0 atom stereocenters. The van der Waals surface area contributed by atoms with Crippen molar-refractivity contribution >= 4 is 32.6 Å². The lowest BCUT2D eigenvalue weighted by atomic mass is 10.1. The number of thiazole rings is 1. The topological polar surface area (TPSA) is 54.9 Å². The van der Waals surface area contributed by atoms with Crippen molar-refractivity contribution in [3.05, 3.63) is 47.5 Å². The maximum atomic E-state index is 13.5. The number of methoxy groups -OCH3 is 2. The zero-order valence-corrected chi connectivity index (χ0v) is 18.4. The summed E-state index contributed by atoms with van der Waals surface area (Å²) in [5, 5.41) is 0.696. The highest BCUT2D eigenvalue weighted by atomic mass is 32.1. The Balaban J connectivity index is 2.02. The van der Waals surface area contributed by atoms with E-state index in [2.05, 4.69) is 24.0 Å². The number of amides is 1. The van der Waals surface area contributed by atoms with Crippen molar-refractivity contribution in [1.29, 1.82) is 0 Å². The Bertz CT molecular complexity index is 978. The molecule has 0 saturated heterocycles. The van der Waals surface area contributed by atoms with Gasteiger partial charge in [0, 0.05) is 24.7 Å². The normalized spacial score (nSPS) is 11.1.